The van der Waals surface area contributed by atoms with Gasteiger partial charge in [-0.3, -0.25) is 4.79 Å². The Balaban J connectivity index is 2.92. The lowest BCUT2D eigenvalue weighted by molar-refractivity contribution is 0.0973. The highest BCUT2D eigenvalue weighted by Crippen LogP contribution is 2.22. The Morgan fingerprint density at radius 2 is 2.20 bits per heavy atom. The fraction of sp³-hybridized carbons (Fsp3) is 0.273. The van der Waals surface area contributed by atoms with Crippen LogP contribution in [0.15, 0.2) is 18.2 Å². The third kappa shape index (κ3) is 3.23. The number of nitrogens with zero attached hydrogens (tertiary/aromatic N) is 1. The van der Waals surface area contributed by atoms with E-state index in [1.54, 1.807) is 19.1 Å². The average molecular weight is 242 g/mol. The highest BCUT2D eigenvalue weighted by molar-refractivity contribution is 6.35. The van der Waals surface area contributed by atoms with E-state index in [0.29, 0.717) is 15.6 Å². The van der Waals surface area contributed by atoms with Crippen LogP contribution in [-0.4, -0.2) is 5.78 Å². The third-order valence-electron chi connectivity index (χ3n) is 1.94. The average Bonchev–Trinajstić information content (AvgIpc) is 2.21. The van der Waals surface area contributed by atoms with Crippen molar-refractivity contribution in [3.05, 3.63) is 33.8 Å². The molecule has 0 radical (unpaired) electrons. The quantitative estimate of drug-likeness (QED) is 0.757. The third-order valence-corrected chi connectivity index (χ3v) is 2.51. The van der Waals surface area contributed by atoms with Gasteiger partial charge in [-0.15, -0.1) is 0 Å². The van der Waals surface area contributed by atoms with E-state index in [4.69, 9.17) is 28.5 Å². The van der Waals surface area contributed by atoms with E-state index < -0.39 is 0 Å². The van der Waals surface area contributed by atoms with Crippen molar-refractivity contribution >= 4 is 29.0 Å². The fourth-order valence-corrected chi connectivity index (χ4v) is 1.54. The molecular formula is C11H9Cl2NO. The highest BCUT2D eigenvalue weighted by atomic mass is 35.5. The van der Waals surface area contributed by atoms with E-state index in [0.717, 1.165) is 0 Å². The molecule has 15 heavy (non-hydrogen) atoms. The van der Waals surface area contributed by atoms with Crippen molar-refractivity contribution in [1.29, 1.82) is 5.26 Å². The monoisotopic (exact) mass is 241 g/mol. The first-order valence-electron chi connectivity index (χ1n) is 4.42. The summed E-state index contributed by atoms with van der Waals surface area (Å²) in [4.78, 5) is 11.7. The van der Waals surface area contributed by atoms with E-state index in [1.807, 2.05) is 6.07 Å². The van der Waals surface area contributed by atoms with Gasteiger partial charge in [0.05, 0.1) is 17.0 Å². The van der Waals surface area contributed by atoms with Crippen molar-refractivity contribution in [3.8, 4) is 6.07 Å². The first kappa shape index (κ1) is 12.0. The van der Waals surface area contributed by atoms with Gasteiger partial charge in [0.15, 0.2) is 5.78 Å². The van der Waals surface area contributed by atoms with Crippen LogP contribution >= 0.6 is 23.2 Å². The molecule has 0 fully saturated rings. The molecule has 2 nitrogen and oxygen atoms in total. The van der Waals surface area contributed by atoms with Crippen molar-refractivity contribution < 1.29 is 4.79 Å². The molecule has 0 bridgehead atoms. The van der Waals surface area contributed by atoms with Gasteiger partial charge in [0.25, 0.3) is 0 Å². The van der Waals surface area contributed by atoms with Crippen LogP contribution in [0.5, 0.6) is 0 Å². The fourth-order valence-electron chi connectivity index (χ4n) is 1.14. The molecule has 4 heteroatoms. The molecule has 1 aromatic rings. The molecule has 1 atom stereocenters. The molecule has 0 amide bonds. The molecule has 78 valence electrons. The van der Waals surface area contributed by atoms with Gasteiger partial charge in [-0.25, -0.2) is 0 Å². The lowest BCUT2D eigenvalue weighted by Crippen LogP contribution is -2.05. The summed E-state index contributed by atoms with van der Waals surface area (Å²) in [5, 5.41) is 9.43. The van der Waals surface area contributed by atoms with E-state index in [2.05, 4.69) is 0 Å². The van der Waals surface area contributed by atoms with Crippen LogP contribution in [-0.2, 0) is 0 Å². The summed E-state index contributed by atoms with van der Waals surface area (Å²) in [6.45, 7) is 1.69. The van der Waals surface area contributed by atoms with Crippen LogP contribution in [0.2, 0.25) is 10.0 Å². The second-order valence-electron chi connectivity index (χ2n) is 3.28. The predicted octanol–water partition coefficient (Wildman–Crippen LogP) is 3.73. The van der Waals surface area contributed by atoms with Crippen LogP contribution in [0, 0.1) is 17.2 Å². The van der Waals surface area contributed by atoms with Gasteiger partial charge in [-0.1, -0.05) is 23.2 Å². The van der Waals surface area contributed by atoms with Crippen LogP contribution < -0.4 is 0 Å². The highest BCUT2D eigenvalue weighted by Gasteiger charge is 2.14. The number of ketones is 1. The number of rotatable bonds is 3. The molecule has 0 spiro atoms. The van der Waals surface area contributed by atoms with Crippen molar-refractivity contribution in [2.45, 2.75) is 13.3 Å². The Kier molecular flexibility index (Phi) is 4.14. The second kappa shape index (κ2) is 5.16. The zero-order chi connectivity index (χ0) is 11.4. The van der Waals surface area contributed by atoms with Gasteiger partial charge >= 0.3 is 0 Å². The predicted molar refractivity (Wildman–Crippen MR) is 60.2 cm³/mol. The maximum absolute atomic E-state index is 11.7. The largest absolute Gasteiger partial charge is 0.294 e. The van der Waals surface area contributed by atoms with Crippen LogP contribution in [0.3, 0.4) is 0 Å². The van der Waals surface area contributed by atoms with Gasteiger partial charge < -0.3 is 0 Å². The number of Topliss-reactive ketones (excluding diaryl/α,β-unsaturated/α-hetero) is 1. The number of nitriles is 1. The summed E-state index contributed by atoms with van der Waals surface area (Å²) in [7, 11) is 0. The summed E-state index contributed by atoms with van der Waals surface area (Å²) >= 11 is 11.6. The minimum Gasteiger partial charge on any atom is -0.294 e. The topological polar surface area (TPSA) is 40.9 Å². The molecule has 0 aliphatic rings. The second-order valence-corrected chi connectivity index (χ2v) is 4.13. The molecule has 0 aliphatic heterocycles. The lowest BCUT2D eigenvalue weighted by atomic mass is 10.0. The lowest BCUT2D eigenvalue weighted by Gasteiger charge is -2.04. The molecule has 0 saturated carbocycles. The van der Waals surface area contributed by atoms with E-state index in [9.17, 15) is 4.79 Å². The normalized spacial score (nSPS) is 11.9. The van der Waals surface area contributed by atoms with Gasteiger partial charge in [-0.2, -0.15) is 5.26 Å². The van der Waals surface area contributed by atoms with Crippen LogP contribution in [0.1, 0.15) is 23.7 Å². The van der Waals surface area contributed by atoms with Crippen molar-refractivity contribution in [1.82, 2.24) is 0 Å². The maximum atomic E-state index is 11.7. The number of halogens is 2. The van der Waals surface area contributed by atoms with E-state index in [1.165, 1.54) is 6.07 Å². The molecule has 1 rings (SSSR count). The maximum Gasteiger partial charge on any atom is 0.165 e. The molecule has 0 saturated heterocycles. The Morgan fingerprint density at radius 1 is 1.53 bits per heavy atom. The molecule has 1 unspecified atom stereocenters. The van der Waals surface area contributed by atoms with Gasteiger partial charge in [0.1, 0.15) is 0 Å². The molecular weight excluding hydrogens is 233 g/mol. The van der Waals surface area contributed by atoms with Crippen molar-refractivity contribution in [2.75, 3.05) is 0 Å². The number of hydrogen-bond donors (Lipinski definition) is 0. The summed E-state index contributed by atoms with van der Waals surface area (Å²) in [5.41, 5.74) is 0.381. The first-order chi connectivity index (χ1) is 7.04. The number of hydrogen-bond acceptors (Lipinski definition) is 2. The Bertz CT molecular complexity index is 423. The molecule has 1 aromatic carbocycles. The van der Waals surface area contributed by atoms with Crippen LogP contribution in [0.4, 0.5) is 0 Å². The SMILES string of the molecule is CC(C#N)CC(=O)c1cc(Cl)ccc1Cl. The van der Waals surface area contributed by atoms with Gasteiger partial charge in [0, 0.05) is 17.0 Å². The summed E-state index contributed by atoms with van der Waals surface area (Å²) in [5.74, 6) is -0.468. The molecule has 0 N–H and O–H groups in total. The Hall–Kier alpha value is -1.04. The standard InChI is InChI=1S/C11H9Cl2NO/c1-7(6-14)4-11(15)9-5-8(12)2-3-10(9)13/h2-3,5,7H,4H2,1H3. The first-order valence-corrected chi connectivity index (χ1v) is 5.18. The number of carbonyl (C=O) groups is 1. The van der Waals surface area contributed by atoms with Crippen molar-refractivity contribution in [2.24, 2.45) is 5.92 Å². The molecule has 0 heterocycles. The number of carbonyl (C=O) groups excluding carboxylic acids is 1. The number of benzene rings is 1. The van der Waals surface area contributed by atoms with E-state index >= 15 is 0 Å². The Morgan fingerprint density at radius 3 is 2.80 bits per heavy atom. The minimum absolute atomic E-state index is 0.156. The summed E-state index contributed by atoms with van der Waals surface area (Å²) in [6, 6.07) is 6.72. The summed E-state index contributed by atoms with van der Waals surface area (Å²) in [6.07, 6.45) is 0.163. The zero-order valence-electron chi connectivity index (χ0n) is 8.13. The zero-order valence-corrected chi connectivity index (χ0v) is 9.64. The molecule has 0 aliphatic carbocycles. The van der Waals surface area contributed by atoms with Gasteiger partial charge in [0.2, 0.25) is 0 Å². The minimum atomic E-state index is -0.312. The van der Waals surface area contributed by atoms with E-state index in [-0.39, 0.29) is 18.1 Å². The summed E-state index contributed by atoms with van der Waals surface area (Å²) < 4.78 is 0. The van der Waals surface area contributed by atoms with Crippen molar-refractivity contribution in [3.63, 3.8) is 0 Å². The van der Waals surface area contributed by atoms with Gasteiger partial charge in [-0.05, 0) is 25.1 Å². The van der Waals surface area contributed by atoms with Crippen LogP contribution in [0.25, 0.3) is 0 Å². The molecule has 0 aromatic heterocycles. The Labute approximate surface area is 98.4 Å². The smallest absolute Gasteiger partial charge is 0.165 e.